The number of esters is 2. The van der Waals surface area contributed by atoms with Crippen LogP contribution in [0, 0.1) is 0 Å². The van der Waals surface area contributed by atoms with Gasteiger partial charge in [0.05, 0.1) is 13.2 Å². The van der Waals surface area contributed by atoms with E-state index in [0.717, 1.165) is 77.3 Å². The number of carbonyl (C=O) groups is 2. The predicted molar refractivity (Wildman–Crippen MR) is 181 cm³/mol. The topological polar surface area (TPSA) is 76.1 Å². The van der Waals surface area contributed by atoms with Crippen LogP contribution >= 0.6 is 0 Å². The van der Waals surface area contributed by atoms with Crippen LogP contribution < -0.4 is 0 Å². The number of unbranched alkanes of at least 4 members (excludes halogenated alkanes) is 17. The minimum atomic E-state index is -0.0532. The Kier molecular flexibility index (Phi) is 32.9. The fourth-order valence-corrected chi connectivity index (χ4v) is 5.61. The molecule has 0 aromatic carbocycles. The van der Waals surface area contributed by atoms with Crippen molar-refractivity contribution in [2.75, 3.05) is 32.8 Å². The lowest BCUT2D eigenvalue weighted by molar-refractivity contribution is -0.150. The monoisotopic (exact) mass is 612 g/mol. The second-order valence-electron chi connectivity index (χ2n) is 12.7. The molecule has 0 bridgehead atoms. The van der Waals surface area contributed by atoms with Crippen molar-refractivity contribution in [1.29, 1.82) is 0 Å². The molecule has 1 N–H and O–H groups in total. The third-order valence-electron chi connectivity index (χ3n) is 8.45. The Balaban J connectivity index is 4.12. The van der Waals surface area contributed by atoms with Gasteiger partial charge in [-0.1, -0.05) is 117 Å². The molecule has 0 rings (SSSR count). The fraction of sp³-hybridized carbons (Fsp3) is 0.946. The highest BCUT2D eigenvalue weighted by Gasteiger charge is 2.15. The van der Waals surface area contributed by atoms with E-state index in [4.69, 9.17) is 9.47 Å². The normalized spacial score (nSPS) is 11.5. The quantitative estimate of drug-likeness (QED) is 0.0576. The maximum Gasteiger partial charge on any atom is 0.306 e. The number of carbonyl (C=O) groups excluding carboxylic acids is 2. The van der Waals surface area contributed by atoms with Crippen molar-refractivity contribution < 1.29 is 24.2 Å². The van der Waals surface area contributed by atoms with Gasteiger partial charge in [0.15, 0.2) is 0 Å². The van der Waals surface area contributed by atoms with Gasteiger partial charge in [-0.15, -0.1) is 0 Å². The minimum absolute atomic E-state index is 0.0232. The number of aliphatic hydroxyl groups is 1. The number of hydrogen-bond acceptors (Lipinski definition) is 6. The first-order valence-electron chi connectivity index (χ1n) is 18.8. The number of ether oxygens (including phenoxy) is 2. The Morgan fingerprint density at radius 1 is 0.535 bits per heavy atom. The Bertz CT molecular complexity index is 584. The highest BCUT2D eigenvalue weighted by atomic mass is 16.5. The molecule has 0 amide bonds. The molecule has 256 valence electrons. The Morgan fingerprint density at radius 2 is 0.977 bits per heavy atom. The number of nitrogens with zero attached hydrogens (tertiary/aromatic N) is 1. The lowest BCUT2D eigenvalue weighted by atomic mass is 10.0. The molecule has 0 aliphatic carbocycles. The van der Waals surface area contributed by atoms with Crippen molar-refractivity contribution in [3.05, 3.63) is 0 Å². The molecule has 0 aliphatic rings. The summed E-state index contributed by atoms with van der Waals surface area (Å²) in [4.78, 5) is 26.7. The highest BCUT2D eigenvalue weighted by molar-refractivity contribution is 5.69. The molecule has 6 nitrogen and oxygen atoms in total. The van der Waals surface area contributed by atoms with Crippen LogP contribution in [0.2, 0.25) is 0 Å². The van der Waals surface area contributed by atoms with Crippen molar-refractivity contribution in [3.8, 4) is 0 Å². The van der Waals surface area contributed by atoms with Gasteiger partial charge < -0.3 is 19.5 Å². The smallest absolute Gasteiger partial charge is 0.306 e. The van der Waals surface area contributed by atoms with E-state index in [0.29, 0.717) is 26.0 Å². The van der Waals surface area contributed by atoms with Crippen molar-refractivity contribution in [1.82, 2.24) is 4.90 Å². The number of rotatable bonds is 34. The molecule has 0 fully saturated rings. The molecule has 6 heteroatoms. The van der Waals surface area contributed by atoms with E-state index in [1.54, 1.807) is 0 Å². The van der Waals surface area contributed by atoms with Gasteiger partial charge in [0, 0.05) is 19.4 Å². The van der Waals surface area contributed by atoms with E-state index in [-0.39, 0.29) is 24.6 Å². The third kappa shape index (κ3) is 30.7. The molecule has 0 unspecified atom stereocenters. The van der Waals surface area contributed by atoms with Gasteiger partial charge in [-0.2, -0.15) is 0 Å². The molecule has 0 aromatic rings. The summed E-state index contributed by atoms with van der Waals surface area (Å²) in [6.07, 6.45) is 28.9. The summed E-state index contributed by atoms with van der Waals surface area (Å²) < 4.78 is 11.2. The van der Waals surface area contributed by atoms with E-state index >= 15 is 0 Å². The maximum absolute atomic E-state index is 12.7. The average molecular weight is 612 g/mol. The van der Waals surface area contributed by atoms with Crippen molar-refractivity contribution in [2.24, 2.45) is 0 Å². The summed E-state index contributed by atoms with van der Waals surface area (Å²) in [5.74, 6) is -0.0765. The van der Waals surface area contributed by atoms with Crippen molar-refractivity contribution >= 4 is 11.9 Å². The molecule has 0 radical (unpaired) electrons. The zero-order valence-corrected chi connectivity index (χ0v) is 29.0. The van der Waals surface area contributed by atoms with E-state index in [2.05, 4.69) is 25.7 Å². The zero-order valence-electron chi connectivity index (χ0n) is 29.0. The van der Waals surface area contributed by atoms with Crippen LogP contribution in [0.4, 0.5) is 0 Å². The van der Waals surface area contributed by atoms with Gasteiger partial charge in [0.2, 0.25) is 0 Å². The Hall–Kier alpha value is -1.14. The lowest BCUT2D eigenvalue weighted by Gasteiger charge is -2.21. The molecule has 0 aromatic heterocycles. The average Bonchev–Trinajstić information content (AvgIpc) is 2.99. The van der Waals surface area contributed by atoms with E-state index < -0.39 is 0 Å². The Labute approximate surface area is 267 Å². The molecule has 0 atom stereocenters. The van der Waals surface area contributed by atoms with Crippen LogP contribution in [-0.4, -0.2) is 60.9 Å². The van der Waals surface area contributed by atoms with Gasteiger partial charge in [-0.3, -0.25) is 9.59 Å². The van der Waals surface area contributed by atoms with E-state index in [1.165, 1.54) is 89.9 Å². The second kappa shape index (κ2) is 33.7. The summed E-state index contributed by atoms with van der Waals surface area (Å²) in [5, 5.41) is 9.50. The van der Waals surface area contributed by atoms with Crippen LogP contribution in [0.15, 0.2) is 0 Å². The van der Waals surface area contributed by atoms with Gasteiger partial charge in [-0.25, -0.2) is 0 Å². The van der Waals surface area contributed by atoms with Gasteiger partial charge in [0.25, 0.3) is 0 Å². The molecule has 43 heavy (non-hydrogen) atoms. The summed E-state index contributed by atoms with van der Waals surface area (Å²) in [7, 11) is 0. The van der Waals surface area contributed by atoms with E-state index in [9.17, 15) is 14.7 Å². The summed E-state index contributed by atoms with van der Waals surface area (Å²) in [5.41, 5.74) is 0. The standard InChI is InChI=1S/C37H73NO5/c1-4-7-10-12-16-20-26-35(27-21-17-13-11-8-5-2)43-37(41)29-23-25-31-38(32-33-39)30-24-19-15-14-18-22-28-36(40)42-34-9-6-3/h35,39H,4-34H2,1-3H3. The first kappa shape index (κ1) is 41.9. The van der Waals surface area contributed by atoms with Crippen LogP contribution in [0.25, 0.3) is 0 Å². The largest absolute Gasteiger partial charge is 0.466 e. The molecule has 0 spiro atoms. The van der Waals surface area contributed by atoms with Crippen LogP contribution in [0.1, 0.15) is 188 Å². The highest BCUT2D eigenvalue weighted by Crippen LogP contribution is 2.18. The fourth-order valence-electron chi connectivity index (χ4n) is 5.61. The first-order valence-corrected chi connectivity index (χ1v) is 18.8. The molecule has 0 saturated heterocycles. The van der Waals surface area contributed by atoms with Crippen LogP contribution in [0.5, 0.6) is 0 Å². The molecular formula is C37H73NO5. The van der Waals surface area contributed by atoms with Gasteiger partial charge in [-0.05, 0) is 70.9 Å². The Morgan fingerprint density at radius 3 is 1.53 bits per heavy atom. The molecular weight excluding hydrogens is 538 g/mol. The third-order valence-corrected chi connectivity index (χ3v) is 8.45. The summed E-state index contributed by atoms with van der Waals surface area (Å²) in [6, 6.07) is 0. The van der Waals surface area contributed by atoms with Gasteiger partial charge >= 0.3 is 11.9 Å². The first-order chi connectivity index (χ1) is 21.1. The molecule has 0 aliphatic heterocycles. The predicted octanol–water partition coefficient (Wildman–Crippen LogP) is 9.94. The molecule has 0 saturated carbocycles. The van der Waals surface area contributed by atoms with Crippen LogP contribution in [0.3, 0.4) is 0 Å². The summed E-state index contributed by atoms with van der Waals surface area (Å²) in [6.45, 7) is 9.95. The maximum atomic E-state index is 12.7. The molecule has 0 heterocycles. The number of hydrogen-bond donors (Lipinski definition) is 1. The van der Waals surface area contributed by atoms with E-state index in [1.807, 2.05) is 0 Å². The van der Waals surface area contributed by atoms with Crippen molar-refractivity contribution in [3.63, 3.8) is 0 Å². The lowest BCUT2D eigenvalue weighted by Crippen LogP contribution is -2.29. The summed E-state index contributed by atoms with van der Waals surface area (Å²) >= 11 is 0. The second-order valence-corrected chi connectivity index (χ2v) is 12.7. The van der Waals surface area contributed by atoms with Gasteiger partial charge in [0.1, 0.15) is 6.10 Å². The minimum Gasteiger partial charge on any atom is -0.466 e. The SMILES string of the molecule is CCCCCCCCC(CCCCCCCC)OC(=O)CCCCN(CCO)CCCCCCCCC(=O)OCCCC. The zero-order chi connectivity index (χ0) is 31.6. The number of aliphatic hydroxyl groups excluding tert-OH is 1. The van der Waals surface area contributed by atoms with Crippen molar-refractivity contribution in [2.45, 2.75) is 194 Å². The van der Waals surface area contributed by atoms with Crippen LogP contribution in [-0.2, 0) is 19.1 Å².